The summed E-state index contributed by atoms with van der Waals surface area (Å²) in [5.41, 5.74) is 0. The molecule has 21 heavy (non-hydrogen) atoms. The van der Waals surface area contributed by atoms with Crippen molar-refractivity contribution in [2.24, 2.45) is 0 Å². The van der Waals surface area contributed by atoms with Gasteiger partial charge in [0.25, 0.3) is 0 Å². The van der Waals surface area contributed by atoms with Crippen molar-refractivity contribution in [1.82, 2.24) is 9.71 Å². The number of nitrogens with one attached hydrogen (secondary N) is 1. The predicted octanol–water partition coefficient (Wildman–Crippen LogP) is 3.26. The van der Waals surface area contributed by atoms with E-state index < -0.39 is 16.1 Å². The number of hydrogen-bond acceptors (Lipinski definition) is 5. The summed E-state index contributed by atoms with van der Waals surface area (Å²) in [7, 11) is -2.26. The fourth-order valence-electron chi connectivity index (χ4n) is 1.78. The minimum absolute atomic E-state index is 0.0968. The third-order valence-electron chi connectivity index (χ3n) is 2.76. The minimum Gasteiger partial charge on any atom is -0.495 e. The van der Waals surface area contributed by atoms with Gasteiger partial charge in [0.05, 0.1) is 13.2 Å². The first-order chi connectivity index (χ1) is 9.83. The molecule has 0 radical (unpaired) electrons. The van der Waals surface area contributed by atoms with Crippen LogP contribution in [0.2, 0.25) is 0 Å². The van der Waals surface area contributed by atoms with Gasteiger partial charge >= 0.3 is 0 Å². The van der Waals surface area contributed by atoms with E-state index in [4.69, 9.17) is 4.74 Å². The number of aromatic nitrogens is 1. The third-order valence-corrected chi connectivity index (χ3v) is 5.91. The summed E-state index contributed by atoms with van der Waals surface area (Å²) in [4.78, 5) is 5.34. The van der Waals surface area contributed by atoms with Crippen molar-refractivity contribution in [3.63, 3.8) is 0 Å². The smallest absolute Gasteiger partial charge is 0.244 e. The minimum atomic E-state index is -3.70. The number of halogens is 1. The summed E-state index contributed by atoms with van der Waals surface area (Å²) in [6, 6.07) is 4.45. The summed E-state index contributed by atoms with van der Waals surface area (Å²) in [6.07, 6.45) is 1.73. The monoisotopic (exact) mass is 390 g/mol. The molecule has 0 aliphatic heterocycles. The topological polar surface area (TPSA) is 68.3 Å². The highest BCUT2D eigenvalue weighted by molar-refractivity contribution is 9.10. The zero-order valence-electron chi connectivity index (χ0n) is 11.8. The molecule has 1 atom stereocenters. The second kappa shape index (κ2) is 6.43. The molecule has 1 aromatic carbocycles. The zero-order chi connectivity index (χ0) is 15.6. The zero-order valence-corrected chi connectivity index (χ0v) is 15.0. The van der Waals surface area contributed by atoms with E-state index in [9.17, 15) is 8.42 Å². The Balaban J connectivity index is 2.32. The second-order valence-electron chi connectivity index (χ2n) is 4.45. The first-order valence-corrected chi connectivity index (χ1v) is 9.21. The standard InChI is InChI=1S/C13H15BrN2O3S2/c1-8-7-15-13(20-8)9(2)16-21(17,18)12-6-10(14)4-5-11(12)19-3/h4-7,9,16H,1-3H3. The number of ether oxygens (including phenoxy) is 1. The van der Waals surface area contributed by atoms with Gasteiger partial charge in [-0.2, -0.15) is 0 Å². The van der Waals surface area contributed by atoms with Crippen LogP contribution in [-0.4, -0.2) is 20.5 Å². The molecule has 0 fully saturated rings. The van der Waals surface area contributed by atoms with Crippen molar-refractivity contribution in [1.29, 1.82) is 0 Å². The first-order valence-electron chi connectivity index (χ1n) is 6.11. The van der Waals surface area contributed by atoms with Crippen LogP contribution in [0.15, 0.2) is 33.8 Å². The van der Waals surface area contributed by atoms with Gasteiger partial charge in [0.1, 0.15) is 15.7 Å². The average molecular weight is 391 g/mol. The van der Waals surface area contributed by atoms with Crippen molar-refractivity contribution in [3.8, 4) is 5.75 Å². The maximum absolute atomic E-state index is 12.5. The number of rotatable bonds is 5. The number of methoxy groups -OCH3 is 1. The van der Waals surface area contributed by atoms with Crippen LogP contribution < -0.4 is 9.46 Å². The molecule has 1 aromatic heterocycles. The summed E-state index contributed by atoms with van der Waals surface area (Å²) in [5.74, 6) is 0.299. The molecule has 0 amide bonds. The number of sulfonamides is 1. The Morgan fingerprint density at radius 1 is 1.43 bits per heavy atom. The number of thiazole rings is 1. The quantitative estimate of drug-likeness (QED) is 0.850. The van der Waals surface area contributed by atoms with E-state index in [2.05, 4.69) is 25.6 Å². The summed E-state index contributed by atoms with van der Waals surface area (Å²) in [5, 5.41) is 0.727. The van der Waals surface area contributed by atoms with Crippen LogP contribution in [0, 0.1) is 6.92 Å². The Kier molecular flexibility index (Phi) is 5.03. The molecule has 1 heterocycles. The van der Waals surface area contributed by atoms with Gasteiger partial charge < -0.3 is 4.74 Å². The Morgan fingerprint density at radius 3 is 2.71 bits per heavy atom. The van der Waals surface area contributed by atoms with Gasteiger partial charge in [-0.3, -0.25) is 0 Å². The van der Waals surface area contributed by atoms with Crippen LogP contribution in [0.1, 0.15) is 22.9 Å². The lowest BCUT2D eigenvalue weighted by molar-refractivity contribution is 0.402. The van der Waals surface area contributed by atoms with E-state index in [0.717, 1.165) is 9.88 Å². The summed E-state index contributed by atoms with van der Waals surface area (Å²) >= 11 is 4.74. The molecule has 2 rings (SSSR count). The first kappa shape index (κ1) is 16.4. The van der Waals surface area contributed by atoms with Crippen LogP contribution in [0.4, 0.5) is 0 Å². The second-order valence-corrected chi connectivity index (χ2v) is 8.31. The highest BCUT2D eigenvalue weighted by Gasteiger charge is 2.23. The lowest BCUT2D eigenvalue weighted by Gasteiger charge is -2.14. The fourth-order valence-corrected chi connectivity index (χ4v) is 4.55. The number of nitrogens with zero attached hydrogens (tertiary/aromatic N) is 1. The Bertz CT molecular complexity index is 744. The van der Waals surface area contributed by atoms with E-state index in [1.54, 1.807) is 25.3 Å². The molecular formula is C13H15BrN2O3S2. The lowest BCUT2D eigenvalue weighted by atomic mass is 10.3. The molecular weight excluding hydrogens is 376 g/mol. The van der Waals surface area contributed by atoms with Crippen LogP contribution in [0.3, 0.4) is 0 Å². The highest BCUT2D eigenvalue weighted by Crippen LogP contribution is 2.29. The molecule has 0 aliphatic rings. The van der Waals surface area contributed by atoms with Gasteiger partial charge in [0, 0.05) is 15.5 Å². The molecule has 114 valence electrons. The van der Waals surface area contributed by atoms with E-state index >= 15 is 0 Å². The van der Waals surface area contributed by atoms with E-state index in [1.165, 1.54) is 24.5 Å². The molecule has 5 nitrogen and oxygen atoms in total. The number of hydrogen-bond donors (Lipinski definition) is 1. The van der Waals surface area contributed by atoms with Crippen LogP contribution in [0.5, 0.6) is 5.75 Å². The molecule has 2 aromatic rings. The fraction of sp³-hybridized carbons (Fsp3) is 0.308. The van der Waals surface area contributed by atoms with Crippen LogP contribution in [-0.2, 0) is 10.0 Å². The molecule has 1 unspecified atom stereocenters. The normalized spacial score (nSPS) is 13.1. The lowest BCUT2D eigenvalue weighted by Crippen LogP contribution is -2.27. The predicted molar refractivity (Wildman–Crippen MR) is 86.3 cm³/mol. The van der Waals surface area contributed by atoms with Gasteiger partial charge in [-0.25, -0.2) is 18.1 Å². The van der Waals surface area contributed by atoms with Crippen molar-refractivity contribution < 1.29 is 13.2 Å². The Labute approximate surface area is 136 Å². The van der Waals surface area contributed by atoms with E-state index in [1.807, 2.05) is 6.92 Å². The van der Waals surface area contributed by atoms with Gasteiger partial charge in [0.2, 0.25) is 10.0 Å². The Morgan fingerprint density at radius 2 is 2.14 bits per heavy atom. The average Bonchev–Trinajstić information content (AvgIpc) is 2.85. The Hall–Kier alpha value is -0.960. The molecule has 0 spiro atoms. The van der Waals surface area contributed by atoms with Crippen LogP contribution in [0.25, 0.3) is 0 Å². The van der Waals surface area contributed by atoms with E-state index in [-0.39, 0.29) is 4.90 Å². The van der Waals surface area contributed by atoms with Gasteiger partial charge in [-0.15, -0.1) is 11.3 Å². The summed E-state index contributed by atoms with van der Waals surface area (Å²) < 4.78 is 33.5. The third kappa shape index (κ3) is 3.82. The molecule has 1 N–H and O–H groups in total. The van der Waals surface area contributed by atoms with Gasteiger partial charge in [0.15, 0.2) is 0 Å². The van der Waals surface area contributed by atoms with Gasteiger partial charge in [-0.1, -0.05) is 15.9 Å². The molecule has 0 aliphatic carbocycles. The maximum atomic E-state index is 12.5. The largest absolute Gasteiger partial charge is 0.495 e. The molecule has 0 bridgehead atoms. The highest BCUT2D eigenvalue weighted by atomic mass is 79.9. The number of benzene rings is 1. The van der Waals surface area contributed by atoms with Gasteiger partial charge in [-0.05, 0) is 32.0 Å². The SMILES string of the molecule is COc1ccc(Br)cc1S(=O)(=O)NC(C)c1ncc(C)s1. The van der Waals surface area contributed by atoms with Crippen molar-refractivity contribution in [3.05, 3.63) is 38.8 Å². The maximum Gasteiger partial charge on any atom is 0.244 e. The summed E-state index contributed by atoms with van der Waals surface area (Å²) in [6.45, 7) is 3.69. The molecule has 0 saturated carbocycles. The van der Waals surface area contributed by atoms with E-state index in [0.29, 0.717) is 10.2 Å². The number of aryl methyl sites for hydroxylation is 1. The van der Waals surface area contributed by atoms with Crippen LogP contribution >= 0.6 is 27.3 Å². The molecule has 8 heteroatoms. The van der Waals surface area contributed by atoms with Crippen molar-refractivity contribution >= 4 is 37.3 Å². The molecule has 0 saturated heterocycles. The van der Waals surface area contributed by atoms with Crippen molar-refractivity contribution in [2.45, 2.75) is 24.8 Å². The van der Waals surface area contributed by atoms with Crippen molar-refractivity contribution in [2.75, 3.05) is 7.11 Å².